The van der Waals surface area contributed by atoms with Crippen molar-refractivity contribution >= 4 is 11.6 Å². The van der Waals surface area contributed by atoms with Crippen molar-refractivity contribution in [1.29, 1.82) is 0 Å². The highest BCUT2D eigenvalue weighted by atomic mass is 16.5. The zero-order valence-corrected chi connectivity index (χ0v) is 10.4. The van der Waals surface area contributed by atoms with Gasteiger partial charge in [-0.1, -0.05) is 6.92 Å². The molecule has 0 bridgehead atoms. The molecule has 0 spiro atoms. The Balaban J connectivity index is 2.95. The molecule has 1 rings (SSSR count). The predicted molar refractivity (Wildman–Crippen MR) is 66.0 cm³/mol. The number of ether oxygens (including phenoxy) is 1. The molecule has 3 heteroatoms. The fourth-order valence-corrected chi connectivity index (χ4v) is 1.64. The first kappa shape index (κ1) is 12.6. The highest BCUT2D eigenvalue weighted by molar-refractivity contribution is 5.90. The standard InChI is InChI=1S/C13H19NO2/c1-5-12(15)14-11-7-9(3)13(16-6-2)10(4)8-11/h7-8H,5-6H2,1-4H3,(H,14,15). The van der Waals surface area contributed by atoms with Crippen molar-refractivity contribution in [2.24, 2.45) is 0 Å². The first-order valence-electron chi connectivity index (χ1n) is 5.62. The van der Waals surface area contributed by atoms with Crippen molar-refractivity contribution in [1.82, 2.24) is 0 Å². The molecule has 0 aliphatic heterocycles. The van der Waals surface area contributed by atoms with Gasteiger partial charge in [0.2, 0.25) is 5.91 Å². The molecule has 0 saturated carbocycles. The molecule has 3 nitrogen and oxygen atoms in total. The Labute approximate surface area is 96.8 Å². The number of nitrogens with one attached hydrogen (secondary N) is 1. The van der Waals surface area contributed by atoms with Crippen molar-refractivity contribution in [3.63, 3.8) is 0 Å². The van der Waals surface area contributed by atoms with E-state index in [0.717, 1.165) is 22.6 Å². The second kappa shape index (κ2) is 5.54. The largest absolute Gasteiger partial charge is 0.493 e. The van der Waals surface area contributed by atoms with Crippen LogP contribution in [0.15, 0.2) is 12.1 Å². The lowest BCUT2D eigenvalue weighted by atomic mass is 10.1. The summed E-state index contributed by atoms with van der Waals surface area (Å²) in [5.41, 5.74) is 2.94. The van der Waals surface area contributed by atoms with E-state index in [1.165, 1.54) is 0 Å². The maximum Gasteiger partial charge on any atom is 0.224 e. The van der Waals surface area contributed by atoms with E-state index in [1.807, 2.05) is 39.8 Å². The number of hydrogen-bond donors (Lipinski definition) is 1. The molecule has 0 aliphatic carbocycles. The minimum absolute atomic E-state index is 0.0305. The molecule has 1 aromatic rings. The second-order valence-electron chi connectivity index (χ2n) is 3.77. The minimum atomic E-state index is 0.0305. The van der Waals surface area contributed by atoms with Gasteiger partial charge in [0.05, 0.1) is 6.61 Å². The molecule has 0 radical (unpaired) electrons. The van der Waals surface area contributed by atoms with E-state index in [9.17, 15) is 4.79 Å². The van der Waals surface area contributed by atoms with Crippen molar-refractivity contribution in [3.8, 4) is 5.75 Å². The molecule has 16 heavy (non-hydrogen) atoms. The topological polar surface area (TPSA) is 38.3 Å². The Hall–Kier alpha value is -1.51. The maximum atomic E-state index is 11.3. The number of carbonyl (C=O) groups excluding carboxylic acids is 1. The highest BCUT2D eigenvalue weighted by Gasteiger charge is 2.07. The first-order chi connectivity index (χ1) is 7.58. The van der Waals surface area contributed by atoms with Crippen LogP contribution in [0, 0.1) is 13.8 Å². The van der Waals surface area contributed by atoms with Crippen LogP contribution in [-0.4, -0.2) is 12.5 Å². The molecular weight excluding hydrogens is 202 g/mol. The van der Waals surface area contributed by atoms with Crippen molar-refractivity contribution in [2.75, 3.05) is 11.9 Å². The van der Waals surface area contributed by atoms with Crippen molar-refractivity contribution < 1.29 is 9.53 Å². The maximum absolute atomic E-state index is 11.3. The van der Waals surface area contributed by atoms with Gasteiger partial charge in [0.1, 0.15) is 5.75 Å². The van der Waals surface area contributed by atoms with Gasteiger partial charge in [0.25, 0.3) is 0 Å². The third-order valence-electron chi connectivity index (χ3n) is 2.35. The lowest BCUT2D eigenvalue weighted by molar-refractivity contribution is -0.115. The number of amides is 1. The molecule has 0 aromatic heterocycles. The summed E-state index contributed by atoms with van der Waals surface area (Å²) in [4.78, 5) is 11.3. The number of aryl methyl sites for hydroxylation is 2. The average molecular weight is 221 g/mol. The van der Waals surface area contributed by atoms with E-state index in [-0.39, 0.29) is 5.91 Å². The Kier molecular flexibility index (Phi) is 4.35. The van der Waals surface area contributed by atoms with Gasteiger partial charge >= 0.3 is 0 Å². The van der Waals surface area contributed by atoms with Gasteiger partial charge in [0, 0.05) is 12.1 Å². The van der Waals surface area contributed by atoms with E-state index in [4.69, 9.17) is 4.74 Å². The van der Waals surface area contributed by atoms with Crippen LogP contribution in [-0.2, 0) is 4.79 Å². The summed E-state index contributed by atoms with van der Waals surface area (Å²) >= 11 is 0. The molecule has 1 amide bonds. The molecular formula is C13H19NO2. The summed E-state index contributed by atoms with van der Waals surface area (Å²) in [7, 11) is 0. The smallest absolute Gasteiger partial charge is 0.224 e. The third-order valence-corrected chi connectivity index (χ3v) is 2.35. The minimum Gasteiger partial charge on any atom is -0.493 e. The monoisotopic (exact) mass is 221 g/mol. The Morgan fingerprint density at radius 2 is 1.81 bits per heavy atom. The predicted octanol–water partition coefficient (Wildman–Crippen LogP) is 3.05. The van der Waals surface area contributed by atoms with Crippen LogP contribution < -0.4 is 10.1 Å². The lowest BCUT2D eigenvalue weighted by Gasteiger charge is -2.13. The number of hydrogen-bond acceptors (Lipinski definition) is 2. The normalized spacial score (nSPS) is 10.0. The van der Waals surface area contributed by atoms with E-state index in [2.05, 4.69) is 5.32 Å². The van der Waals surface area contributed by atoms with E-state index < -0.39 is 0 Å². The van der Waals surface area contributed by atoms with Crippen molar-refractivity contribution in [2.45, 2.75) is 34.1 Å². The van der Waals surface area contributed by atoms with Gasteiger partial charge < -0.3 is 10.1 Å². The SMILES string of the molecule is CCOc1c(C)cc(NC(=O)CC)cc1C. The fourth-order valence-electron chi connectivity index (χ4n) is 1.64. The summed E-state index contributed by atoms with van der Waals surface area (Å²) < 4.78 is 5.54. The molecule has 0 atom stereocenters. The van der Waals surface area contributed by atoms with E-state index in [1.54, 1.807) is 0 Å². The van der Waals surface area contributed by atoms with Gasteiger partial charge in [-0.25, -0.2) is 0 Å². The van der Waals surface area contributed by atoms with Crippen LogP contribution in [0.5, 0.6) is 5.75 Å². The lowest BCUT2D eigenvalue weighted by Crippen LogP contribution is -2.10. The van der Waals surface area contributed by atoms with Crippen LogP contribution in [0.25, 0.3) is 0 Å². The molecule has 0 fully saturated rings. The second-order valence-corrected chi connectivity index (χ2v) is 3.77. The van der Waals surface area contributed by atoms with Crippen LogP contribution >= 0.6 is 0 Å². The Morgan fingerprint density at radius 1 is 1.25 bits per heavy atom. The Bertz CT molecular complexity index is 363. The first-order valence-corrected chi connectivity index (χ1v) is 5.62. The summed E-state index contributed by atoms with van der Waals surface area (Å²) in [5.74, 6) is 0.944. The van der Waals surface area contributed by atoms with Crippen molar-refractivity contribution in [3.05, 3.63) is 23.3 Å². The van der Waals surface area contributed by atoms with Crippen LogP contribution in [0.4, 0.5) is 5.69 Å². The molecule has 0 saturated heterocycles. The molecule has 88 valence electrons. The summed E-state index contributed by atoms with van der Waals surface area (Å²) in [6.45, 7) is 8.43. The number of carbonyl (C=O) groups is 1. The van der Waals surface area contributed by atoms with Gasteiger partial charge in [0.15, 0.2) is 0 Å². The van der Waals surface area contributed by atoms with Crippen LogP contribution in [0.3, 0.4) is 0 Å². The van der Waals surface area contributed by atoms with Crippen LogP contribution in [0.2, 0.25) is 0 Å². The zero-order chi connectivity index (χ0) is 12.1. The van der Waals surface area contributed by atoms with Gasteiger partial charge in [-0.15, -0.1) is 0 Å². The van der Waals surface area contributed by atoms with Crippen LogP contribution in [0.1, 0.15) is 31.4 Å². The third kappa shape index (κ3) is 2.99. The van der Waals surface area contributed by atoms with E-state index in [0.29, 0.717) is 13.0 Å². The molecule has 1 aromatic carbocycles. The summed E-state index contributed by atoms with van der Waals surface area (Å²) in [6, 6.07) is 3.87. The van der Waals surface area contributed by atoms with Gasteiger partial charge in [-0.2, -0.15) is 0 Å². The Morgan fingerprint density at radius 3 is 2.25 bits per heavy atom. The molecule has 0 aliphatic rings. The fraction of sp³-hybridized carbons (Fsp3) is 0.462. The van der Waals surface area contributed by atoms with Gasteiger partial charge in [-0.3, -0.25) is 4.79 Å². The number of rotatable bonds is 4. The molecule has 1 N–H and O–H groups in total. The van der Waals surface area contributed by atoms with E-state index >= 15 is 0 Å². The summed E-state index contributed by atoms with van der Waals surface area (Å²) in [5, 5.41) is 2.85. The number of benzene rings is 1. The summed E-state index contributed by atoms with van der Waals surface area (Å²) in [6.07, 6.45) is 0.491. The molecule has 0 unspecified atom stereocenters. The average Bonchev–Trinajstić information content (AvgIpc) is 2.23. The highest BCUT2D eigenvalue weighted by Crippen LogP contribution is 2.27. The molecule has 0 heterocycles. The zero-order valence-electron chi connectivity index (χ0n) is 10.4. The van der Waals surface area contributed by atoms with Gasteiger partial charge in [-0.05, 0) is 44.0 Å². The number of anilines is 1. The quantitative estimate of drug-likeness (QED) is 0.848.